The van der Waals surface area contributed by atoms with E-state index < -0.39 is 0 Å². The molecule has 0 unspecified atom stereocenters. The van der Waals surface area contributed by atoms with E-state index in [2.05, 4.69) is 30.5 Å². The number of amides is 1. The van der Waals surface area contributed by atoms with Crippen LogP contribution in [0.1, 0.15) is 18.0 Å². The molecule has 1 N–H and O–H groups in total. The lowest BCUT2D eigenvalue weighted by Gasteiger charge is -2.43. The maximum atomic E-state index is 12.7. The molecule has 5 nitrogen and oxygen atoms in total. The average molecular weight is 399 g/mol. The van der Waals surface area contributed by atoms with E-state index in [-0.39, 0.29) is 17.4 Å². The summed E-state index contributed by atoms with van der Waals surface area (Å²) >= 11 is 1.73. The second kappa shape index (κ2) is 7.76. The van der Waals surface area contributed by atoms with Gasteiger partial charge in [-0.15, -0.1) is 11.8 Å². The van der Waals surface area contributed by atoms with Crippen LogP contribution >= 0.6 is 11.8 Å². The fourth-order valence-electron chi connectivity index (χ4n) is 4.65. The number of quaternary nitrogens is 1. The predicted molar refractivity (Wildman–Crippen MR) is 113 cm³/mol. The average Bonchev–Trinajstić information content (AvgIpc) is 2.68. The van der Waals surface area contributed by atoms with E-state index >= 15 is 0 Å². The third kappa shape index (κ3) is 3.63. The first-order valence-electron chi connectivity index (χ1n) is 9.91. The molecule has 0 aliphatic carbocycles. The van der Waals surface area contributed by atoms with Crippen LogP contribution in [0.25, 0.3) is 11.1 Å². The third-order valence-corrected chi connectivity index (χ3v) is 6.59. The van der Waals surface area contributed by atoms with Crippen molar-refractivity contribution in [1.29, 1.82) is 0 Å². The predicted octanol–water partition coefficient (Wildman–Crippen LogP) is 1.33. The first kappa shape index (κ1) is 19.3. The maximum absolute atomic E-state index is 12.7. The lowest BCUT2D eigenvalue weighted by atomic mass is 9.80. The van der Waals surface area contributed by atoms with E-state index in [0.29, 0.717) is 25.6 Å². The monoisotopic (exact) mass is 398 g/mol. The van der Waals surface area contributed by atoms with Crippen molar-refractivity contribution in [3.63, 3.8) is 0 Å². The molecule has 1 aromatic heterocycles. The Morgan fingerprint density at radius 2 is 1.86 bits per heavy atom. The van der Waals surface area contributed by atoms with E-state index in [4.69, 9.17) is 0 Å². The number of nitrogens with one attached hydrogen (secondary N) is 1. The van der Waals surface area contributed by atoms with Crippen LogP contribution in [0.15, 0.2) is 46.1 Å². The highest BCUT2D eigenvalue weighted by molar-refractivity contribution is 7.98. The van der Waals surface area contributed by atoms with Gasteiger partial charge in [0.1, 0.15) is 0 Å². The van der Waals surface area contributed by atoms with Gasteiger partial charge in [0.15, 0.2) is 6.54 Å². The Bertz CT molecular complexity index is 936. The van der Waals surface area contributed by atoms with E-state index in [0.717, 1.165) is 34.7 Å². The van der Waals surface area contributed by atoms with Crippen molar-refractivity contribution in [3.05, 3.63) is 52.4 Å². The minimum atomic E-state index is 0.0756. The van der Waals surface area contributed by atoms with Crippen molar-refractivity contribution in [1.82, 2.24) is 9.47 Å². The highest BCUT2D eigenvalue weighted by Gasteiger charge is 2.38. The number of piperidine rings is 1. The second-order valence-corrected chi connectivity index (χ2v) is 9.17. The molecule has 2 bridgehead atoms. The van der Waals surface area contributed by atoms with Gasteiger partial charge in [-0.05, 0) is 42.4 Å². The lowest BCUT2D eigenvalue weighted by Crippen LogP contribution is -3.07. The minimum Gasteiger partial charge on any atom is -0.337 e. The van der Waals surface area contributed by atoms with E-state index in [1.54, 1.807) is 17.8 Å². The quantitative estimate of drug-likeness (QED) is 0.791. The summed E-state index contributed by atoms with van der Waals surface area (Å²) in [6.07, 6.45) is 3.13. The van der Waals surface area contributed by atoms with E-state index in [1.165, 1.54) is 4.90 Å². The zero-order valence-electron chi connectivity index (χ0n) is 16.8. The Hall–Kier alpha value is -2.05. The third-order valence-electron chi connectivity index (χ3n) is 5.85. The van der Waals surface area contributed by atoms with Gasteiger partial charge in [0.25, 0.3) is 11.5 Å². The molecule has 4 rings (SSSR count). The van der Waals surface area contributed by atoms with Gasteiger partial charge in [-0.25, -0.2) is 0 Å². The maximum Gasteiger partial charge on any atom is 0.277 e. The Labute approximate surface area is 170 Å². The van der Waals surface area contributed by atoms with Crippen LogP contribution in [0.5, 0.6) is 0 Å². The van der Waals surface area contributed by atoms with Crippen molar-refractivity contribution in [2.75, 3.05) is 40.0 Å². The number of hydrogen-bond acceptors (Lipinski definition) is 3. The Kier molecular flexibility index (Phi) is 5.34. The number of nitrogens with zero attached hydrogens (tertiary/aromatic N) is 2. The highest BCUT2D eigenvalue weighted by Crippen LogP contribution is 2.40. The zero-order valence-corrected chi connectivity index (χ0v) is 17.6. The molecule has 0 spiro atoms. The largest absolute Gasteiger partial charge is 0.337 e. The fourth-order valence-corrected chi connectivity index (χ4v) is 5.06. The molecule has 2 aliphatic heterocycles. The summed E-state index contributed by atoms with van der Waals surface area (Å²) in [6, 6.07) is 12.2. The number of likely N-dealkylation sites (N-methyl/N-ethyl adjacent to an activating group) is 1. The summed E-state index contributed by atoms with van der Waals surface area (Å²) in [6.45, 7) is 2.70. The molecular formula is C22H28N3O2S+. The summed E-state index contributed by atoms with van der Waals surface area (Å²) in [5, 5.41) is 0. The standard InChI is InChI=1S/C22H27N3O2S/c1-23(2)14-21(27)24-11-15-10-17(13-24)22-19(8-9-20(26)25(22)12-15)16-4-6-18(28-3)7-5-16/h4-9,15,17H,10-14H2,1-3H3/p+1/t15-,17+/m0/s1. The number of likely N-dealkylation sites (tertiary alicyclic amines) is 1. The van der Waals surface area contributed by atoms with Gasteiger partial charge >= 0.3 is 0 Å². The first-order valence-corrected chi connectivity index (χ1v) is 11.1. The van der Waals surface area contributed by atoms with Crippen LogP contribution < -0.4 is 10.5 Å². The summed E-state index contributed by atoms with van der Waals surface area (Å²) in [4.78, 5) is 29.7. The molecule has 2 aromatic rings. The Morgan fingerprint density at radius 3 is 2.54 bits per heavy atom. The van der Waals surface area contributed by atoms with Crippen LogP contribution in [0.3, 0.4) is 0 Å². The van der Waals surface area contributed by atoms with Crippen molar-refractivity contribution < 1.29 is 9.69 Å². The van der Waals surface area contributed by atoms with Crippen LogP contribution in [0.2, 0.25) is 0 Å². The van der Waals surface area contributed by atoms with E-state index in [1.807, 2.05) is 29.6 Å². The molecule has 2 aliphatic rings. The van der Waals surface area contributed by atoms with Crippen molar-refractivity contribution in [2.24, 2.45) is 5.92 Å². The highest BCUT2D eigenvalue weighted by atomic mass is 32.2. The fraction of sp³-hybridized carbons (Fsp3) is 0.455. The van der Waals surface area contributed by atoms with Crippen LogP contribution in [0, 0.1) is 5.92 Å². The van der Waals surface area contributed by atoms with E-state index in [9.17, 15) is 9.59 Å². The number of carbonyl (C=O) groups is 1. The SMILES string of the molecule is CSc1ccc(-c2ccc(=O)n3c2[C@@H]2C[C@@H](CN(C(=O)C[NH+](C)C)C2)C3)cc1. The molecule has 6 heteroatoms. The Morgan fingerprint density at radius 1 is 1.11 bits per heavy atom. The molecule has 148 valence electrons. The van der Waals surface area contributed by atoms with Crippen LogP contribution in [0.4, 0.5) is 0 Å². The summed E-state index contributed by atoms with van der Waals surface area (Å²) in [5.41, 5.74) is 3.45. The van der Waals surface area contributed by atoms with Gasteiger partial charge in [-0.3, -0.25) is 9.59 Å². The number of aromatic nitrogens is 1. The molecule has 3 heterocycles. The molecule has 1 amide bonds. The molecule has 0 saturated carbocycles. The van der Waals surface area contributed by atoms with Gasteiger partial charge in [0.2, 0.25) is 0 Å². The normalized spacial score (nSPS) is 20.9. The zero-order chi connectivity index (χ0) is 19.8. The number of rotatable bonds is 4. The number of thioether (sulfide) groups is 1. The van der Waals surface area contributed by atoms with Gasteiger partial charge < -0.3 is 14.4 Å². The van der Waals surface area contributed by atoms with Gasteiger partial charge in [-0.1, -0.05) is 12.1 Å². The lowest BCUT2D eigenvalue weighted by molar-refractivity contribution is -0.849. The van der Waals surface area contributed by atoms with Crippen LogP contribution in [-0.4, -0.2) is 55.4 Å². The molecular weight excluding hydrogens is 370 g/mol. The number of carbonyl (C=O) groups excluding carboxylic acids is 1. The number of hydrogen-bond donors (Lipinski definition) is 1. The minimum absolute atomic E-state index is 0.0756. The number of benzene rings is 1. The van der Waals surface area contributed by atoms with Crippen molar-refractivity contribution in [3.8, 4) is 11.1 Å². The summed E-state index contributed by atoms with van der Waals surface area (Å²) in [7, 11) is 4.02. The van der Waals surface area contributed by atoms with Crippen LogP contribution in [-0.2, 0) is 11.3 Å². The Balaban J connectivity index is 1.72. The number of fused-ring (bicyclic) bond motifs is 4. The summed E-state index contributed by atoms with van der Waals surface area (Å²) in [5.74, 6) is 0.796. The van der Waals surface area contributed by atoms with Crippen molar-refractivity contribution >= 4 is 17.7 Å². The molecule has 1 saturated heterocycles. The smallest absolute Gasteiger partial charge is 0.277 e. The first-order chi connectivity index (χ1) is 13.5. The van der Waals surface area contributed by atoms with Gasteiger partial charge in [-0.2, -0.15) is 0 Å². The summed E-state index contributed by atoms with van der Waals surface area (Å²) < 4.78 is 1.97. The molecule has 2 atom stereocenters. The second-order valence-electron chi connectivity index (χ2n) is 8.29. The topological polar surface area (TPSA) is 46.8 Å². The molecule has 28 heavy (non-hydrogen) atoms. The molecule has 0 radical (unpaired) electrons. The van der Waals surface area contributed by atoms with Gasteiger partial charge in [0.05, 0.1) is 14.1 Å². The molecule has 1 fully saturated rings. The van der Waals surface area contributed by atoms with Crippen molar-refractivity contribution in [2.45, 2.75) is 23.8 Å². The number of pyridine rings is 1. The van der Waals surface area contributed by atoms with Gasteiger partial charge in [0, 0.05) is 47.8 Å². The molecule has 1 aromatic carbocycles.